The van der Waals surface area contributed by atoms with Crippen LogP contribution in [0.3, 0.4) is 0 Å². The lowest BCUT2D eigenvalue weighted by Crippen LogP contribution is -2.43. The van der Waals surface area contributed by atoms with Crippen LogP contribution >= 0.6 is 11.3 Å². The molecule has 0 aromatic carbocycles. The summed E-state index contributed by atoms with van der Waals surface area (Å²) >= 11 is 1.75. The van der Waals surface area contributed by atoms with Crippen LogP contribution in [0.1, 0.15) is 17.7 Å². The molecular formula is C13H17NO2S. The minimum absolute atomic E-state index is 0.0467. The number of carbonyl (C=O) groups excluding carboxylic acids is 1. The Labute approximate surface area is 105 Å². The summed E-state index contributed by atoms with van der Waals surface area (Å²) in [5.41, 5.74) is 0.0467. The topological polar surface area (TPSA) is 38.3 Å². The molecule has 0 bridgehead atoms. The maximum atomic E-state index is 11.3. The van der Waals surface area contributed by atoms with Crippen molar-refractivity contribution in [3.63, 3.8) is 0 Å². The van der Waals surface area contributed by atoms with Crippen LogP contribution in [0.25, 0.3) is 0 Å². The molecule has 4 heteroatoms. The van der Waals surface area contributed by atoms with E-state index < -0.39 is 0 Å². The first-order valence-corrected chi connectivity index (χ1v) is 6.67. The molecule has 0 spiro atoms. The minimum Gasteiger partial charge on any atom is -0.381 e. The average Bonchev–Trinajstić information content (AvgIpc) is 2.91. The summed E-state index contributed by atoms with van der Waals surface area (Å²) in [4.78, 5) is 12.6. The highest BCUT2D eigenvalue weighted by Gasteiger charge is 2.35. The predicted octanol–water partition coefficient (Wildman–Crippen LogP) is 2.10. The van der Waals surface area contributed by atoms with Gasteiger partial charge in [-0.3, -0.25) is 4.79 Å². The standard InChI is InChI=1S/C13H17NO2S/c1-2-12(15)14-10-13(5-7-16-8-6-13)11-4-3-9-17-11/h2-4,9H,1,5-8,10H2,(H,14,15). The molecule has 1 aromatic rings. The molecular weight excluding hydrogens is 234 g/mol. The van der Waals surface area contributed by atoms with Crippen LogP contribution in [0, 0.1) is 0 Å². The van der Waals surface area contributed by atoms with E-state index in [1.807, 2.05) is 0 Å². The lowest BCUT2D eigenvalue weighted by molar-refractivity contribution is -0.117. The third-order valence-electron chi connectivity index (χ3n) is 3.28. The molecule has 1 amide bonds. The Hall–Kier alpha value is -1.13. The summed E-state index contributed by atoms with van der Waals surface area (Å²) in [5, 5.41) is 5.01. The Kier molecular flexibility index (Phi) is 3.97. The van der Waals surface area contributed by atoms with Crippen molar-refractivity contribution in [2.75, 3.05) is 19.8 Å². The highest BCUT2D eigenvalue weighted by Crippen LogP contribution is 2.36. The number of amides is 1. The van der Waals surface area contributed by atoms with Crippen LogP contribution < -0.4 is 5.32 Å². The molecule has 2 heterocycles. The third kappa shape index (κ3) is 2.76. The molecule has 1 aliphatic rings. The number of hydrogen-bond donors (Lipinski definition) is 1. The van der Waals surface area contributed by atoms with Gasteiger partial charge >= 0.3 is 0 Å². The lowest BCUT2D eigenvalue weighted by Gasteiger charge is -2.36. The molecule has 17 heavy (non-hydrogen) atoms. The van der Waals surface area contributed by atoms with Crippen LogP contribution in [-0.2, 0) is 14.9 Å². The maximum absolute atomic E-state index is 11.3. The predicted molar refractivity (Wildman–Crippen MR) is 69.3 cm³/mol. The van der Waals surface area contributed by atoms with Crippen molar-refractivity contribution in [3.05, 3.63) is 35.0 Å². The van der Waals surface area contributed by atoms with Gasteiger partial charge in [0.2, 0.25) is 5.91 Å². The summed E-state index contributed by atoms with van der Waals surface area (Å²) in [6.45, 7) is 5.68. The highest BCUT2D eigenvalue weighted by molar-refractivity contribution is 7.10. The SMILES string of the molecule is C=CC(=O)NCC1(c2cccs2)CCOCC1. The van der Waals surface area contributed by atoms with E-state index in [1.54, 1.807) is 11.3 Å². The molecule has 92 valence electrons. The van der Waals surface area contributed by atoms with E-state index in [1.165, 1.54) is 11.0 Å². The third-order valence-corrected chi connectivity index (χ3v) is 4.40. The minimum atomic E-state index is -0.104. The number of nitrogens with one attached hydrogen (secondary N) is 1. The fourth-order valence-electron chi connectivity index (χ4n) is 2.18. The van der Waals surface area contributed by atoms with Crippen molar-refractivity contribution in [3.8, 4) is 0 Å². The van der Waals surface area contributed by atoms with E-state index in [4.69, 9.17) is 4.74 Å². The Balaban J connectivity index is 2.12. The van der Waals surface area contributed by atoms with Gasteiger partial charge in [0.25, 0.3) is 0 Å². The number of hydrogen-bond acceptors (Lipinski definition) is 3. The van der Waals surface area contributed by atoms with Crippen LogP contribution in [0.2, 0.25) is 0 Å². The van der Waals surface area contributed by atoms with E-state index in [0.29, 0.717) is 6.54 Å². The number of thiophene rings is 1. The van der Waals surface area contributed by atoms with Gasteiger partial charge in [-0.25, -0.2) is 0 Å². The monoisotopic (exact) mass is 251 g/mol. The molecule has 1 aromatic heterocycles. The Morgan fingerprint density at radius 1 is 1.59 bits per heavy atom. The van der Waals surface area contributed by atoms with Gasteiger partial charge in [0.05, 0.1) is 0 Å². The second kappa shape index (κ2) is 5.47. The molecule has 0 unspecified atom stereocenters. The van der Waals surface area contributed by atoms with Gasteiger partial charge in [-0.05, 0) is 30.4 Å². The summed E-state index contributed by atoms with van der Waals surface area (Å²) in [7, 11) is 0. The molecule has 0 atom stereocenters. The number of rotatable bonds is 4. The summed E-state index contributed by atoms with van der Waals surface area (Å²) in [6.07, 6.45) is 3.25. The molecule has 1 fully saturated rings. The Morgan fingerprint density at radius 2 is 2.35 bits per heavy atom. The largest absolute Gasteiger partial charge is 0.381 e. The first-order valence-electron chi connectivity index (χ1n) is 5.79. The summed E-state index contributed by atoms with van der Waals surface area (Å²) < 4.78 is 5.43. The number of carbonyl (C=O) groups is 1. The van der Waals surface area contributed by atoms with Gasteiger partial charge in [-0.15, -0.1) is 11.3 Å². The zero-order valence-corrected chi connectivity index (χ0v) is 10.6. The van der Waals surface area contributed by atoms with Crippen LogP contribution in [0.15, 0.2) is 30.2 Å². The molecule has 3 nitrogen and oxygen atoms in total. The molecule has 0 saturated carbocycles. The molecule has 0 aliphatic carbocycles. The van der Waals surface area contributed by atoms with E-state index in [2.05, 4.69) is 29.4 Å². The van der Waals surface area contributed by atoms with E-state index in [9.17, 15) is 4.79 Å². The van der Waals surface area contributed by atoms with Crippen LogP contribution in [-0.4, -0.2) is 25.7 Å². The molecule has 2 rings (SSSR count). The van der Waals surface area contributed by atoms with E-state index >= 15 is 0 Å². The van der Waals surface area contributed by atoms with Gasteiger partial charge in [-0.1, -0.05) is 12.6 Å². The van der Waals surface area contributed by atoms with Crippen LogP contribution in [0.4, 0.5) is 0 Å². The van der Waals surface area contributed by atoms with Crippen molar-refractivity contribution >= 4 is 17.2 Å². The zero-order chi connectivity index (χ0) is 12.1. The van der Waals surface area contributed by atoms with Gasteiger partial charge in [-0.2, -0.15) is 0 Å². The quantitative estimate of drug-likeness (QED) is 0.832. The van der Waals surface area contributed by atoms with Gasteiger partial charge < -0.3 is 10.1 Å². The van der Waals surface area contributed by atoms with Crippen LogP contribution in [0.5, 0.6) is 0 Å². The summed E-state index contributed by atoms with van der Waals surface area (Å²) in [5.74, 6) is -0.104. The first-order chi connectivity index (χ1) is 8.27. The van der Waals surface area contributed by atoms with Crippen molar-refractivity contribution in [2.45, 2.75) is 18.3 Å². The van der Waals surface area contributed by atoms with Gasteiger partial charge in [0.1, 0.15) is 0 Å². The molecule has 1 saturated heterocycles. The fraction of sp³-hybridized carbons (Fsp3) is 0.462. The molecule has 0 radical (unpaired) electrons. The smallest absolute Gasteiger partial charge is 0.243 e. The van der Waals surface area contributed by atoms with Crippen molar-refractivity contribution in [1.29, 1.82) is 0 Å². The van der Waals surface area contributed by atoms with Crippen molar-refractivity contribution < 1.29 is 9.53 Å². The average molecular weight is 251 g/mol. The van der Waals surface area contributed by atoms with Crippen molar-refractivity contribution in [1.82, 2.24) is 5.32 Å². The molecule has 1 aliphatic heterocycles. The Bertz CT molecular complexity index is 380. The van der Waals surface area contributed by atoms with E-state index in [0.717, 1.165) is 26.1 Å². The van der Waals surface area contributed by atoms with Crippen molar-refractivity contribution in [2.24, 2.45) is 0 Å². The summed E-state index contributed by atoms with van der Waals surface area (Å²) in [6, 6.07) is 4.21. The number of ether oxygens (including phenoxy) is 1. The lowest BCUT2D eigenvalue weighted by atomic mass is 9.78. The molecule has 1 N–H and O–H groups in total. The highest BCUT2D eigenvalue weighted by atomic mass is 32.1. The first kappa shape index (κ1) is 12.3. The fourth-order valence-corrected chi connectivity index (χ4v) is 3.17. The van der Waals surface area contributed by atoms with Gasteiger partial charge in [0.15, 0.2) is 0 Å². The second-order valence-corrected chi connectivity index (χ2v) is 5.24. The normalized spacial score (nSPS) is 18.6. The van der Waals surface area contributed by atoms with Gasteiger partial charge in [0, 0.05) is 30.1 Å². The van der Waals surface area contributed by atoms with E-state index in [-0.39, 0.29) is 11.3 Å². The zero-order valence-electron chi connectivity index (χ0n) is 9.78. The second-order valence-electron chi connectivity index (χ2n) is 4.29. The maximum Gasteiger partial charge on any atom is 0.243 e. The Morgan fingerprint density at radius 3 is 2.94 bits per heavy atom.